The van der Waals surface area contributed by atoms with E-state index in [-0.39, 0.29) is 29.5 Å². The lowest BCUT2D eigenvalue weighted by atomic mass is 9.83. The Hall–Kier alpha value is -2.77. The summed E-state index contributed by atoms with van der Waals surface area (Å²) in [7, 11) is 0. The summed E-state index contributed by atoms with van der Waals surface area (Å²) in [5, 5.41) is 1.88. The third-order valence-corrected chi connectivity index (χ3v) is 6.06. The lowest BCUT2D eigenvalue weighted by Gasteiger charge is -2.38. The van der Waals surface area contributed by atoms with Crippen LogP contribution in [0, 0.1) is 18.7 Å². The van der Waals surface area contributed by atoms with Crippen LogP contribution in [0.1, 0.15) is 33.8 Å². The van der Waals surface area contributed by atoms with E-state index in [0.29, 0.717) is 56.9 Å². The molecule has 0 aliphatic carbocycles. The zero-order chi connectivity index (χ0) is 21.8. The molecule has 2 aromatic rings. The van der Waals surface area contributed by atoms with Gasteiger partial charge in [-0.15, -0.1) is 0 Å². The molecule has 2 heterocycles. The zero-order valence-electron chi connectivity index (χ0n) is 17.7. The van der Waals surface area contributed by atoms with E-state index < -0.39 is 0 Å². The van der Waals surface area contributed by atoms with Crippen molar-refractivity contribution in [2.75, 3.05) is 39.4 Å². The molecule has 0 aromatic heterocycles. The minimum Gasteiger partial charge on any atom is -0.379 e. The number of nitrogens with zero attached hydrogens (tertiary/aromatic N) is 2. The molecule has 164 valence electrons. The summed E-state index contributed by atoms with van der Waals surface area (Å²) >= 11 is 0. The van der Waals surface area contributed by atoms with E-state index in [4.69, 9.17) is 4.74 Å². The van der Waals surface area contributed by atoms with Crippen molar-refractivity contribution in [2.24, 2.45) is 5.92 Å². The number of aryl methyl sites for hydroxylation is 1. The summed E-state index contributed by atoms with van der Waals surface area (Å²) in [5.41, 5.74) is 5.12. The number of carbonyl (C=O) groups is 2. The molecule has 6 nitrogen and oxygen atoms in total. The number of halogens is 1. The third-order valence-electron chi connectivity index (χ3n) is 6.06. The molecule has 2 fully saturated rings. The van der Waals surface area contributed by atoms with Crippen molar-refractivity contribution in [3.8, 4) is 0 Å². The minimum absolute atomic E-state index is 0.0406. The van der Waals surface area contributed by atoms with E-state index in [1.807, 2.05) is 29.3 Å². The molecule has 0 radical (unpaired) electrons. The van der Waals surface area contributed by atoms with Crippen molar-refractivity contribution < 1.29 is 18.7 Å². The van der Waals surface area contributed by atoms with Crippen molar-refractivity contribution in [1.29, 1.82) is 0 Å². The zero-order valence-corrected chi connectivity index (χ0v) is 17.7. The van der Waals surface area contributed by atoms with Gasteiger partial charge in [0.05, 0.1) is 19.1 Å². The van der Waals surface area contributed by atoms with E-state index in [1.165, 1.54) is 6.07 Å². The molecule has 2 aromatic carbocycles. The number of amides is 2. The number of likely N-dealkylation sites (tertiary alicyclic amines) is 1. The van der Waals surface area contributed by atoms with Gasteiger partial charge < -0.3 is 9.64 Å². The smallest absolute Gasteiger partial charge is 0.253 e. The van der Waals surface area contributed by atoms with E-state index in [9.17, 15) is 14.0 Å². The fourth-order valence-electron chi connectivity index (χ4n) is 4.30. The third kappa shape index (κ3) is 5.11. The Morgan fingerprint density at radius 2 is 1.81 bits per heavy atom. The predicted octanol–water partition coefficient (Wildman–Crippen LogP) is 2.74. The van der Waals surface area contributed by atoms with E-state index in [0.717, 1.165) is 5.56 Å². The lowest BCUT2D eigenvalue weighted by molar-refractivity contribution is -0.133. The number of benzene rings is 2. The van der Waals surface area contributed by atoms with Crippen molar-refractivity contribution >= 4 is 11.8 Å². The number of hydrogen-bond donors (Lipinski definition) is 1. The first-order valence-electron chi connectivity index (χ1n) is 10.7. The van der Waals surface area contributed by atoms with Gasteiger partial charge in [-0.05, 0) is 42.7 Å². The summed E-state index contributed by atoms with van der Waals surface area (Å²) in [6.07, 6.45) is 0.611. The first-order chi connectivity index (χ1) is 15.0. The molecule has 7 heteroatoms. The van der Waals surface area contributed by atoms with Crippen molar-refractivity contribution in [3.63, 3.8) is 0 Å². The van der Waals surface area contributed by atoms with Gasteiger partial charge in [-0.25, -0.2) is 9.40 Å². The van der Waals surface area contributed by atoms with Gasteiger partial charge >= 0.3 is 0 Å². The van der Waals surface area contributed by atoms with Gasteiger partial charge in [0.1, 0.15) is 5.82 Å². The molecule has 1 N–H and O–H groups in total. The second kappa shape index (κ2) is 9.58. The van der Waals surface area contributed by atoms with Crippen LogP contribution in [0.15, 0.2) is 48.5 Å². The highest BCUT2D eigenvalue weighted by atomic mass is 19.1. The average molecular weight is 426 g/mol. The molecule has 0 bridgehead atoms. The summed E-state index contributed by atoms with van der Waals surface area (Å²) < 4.78 is 19.2. The first kappa shape index (κ1) is 21.5. The highest BCUT2D eigenvalue weighted by molar-refractivity contribution is 5.94. The largest absolute Gasteiger partial charge is 0.379 e. The molecule has 2 atom stereocenters. The van der Waals surface area contributed by atoms with Crippen LogP contribution < -0.4 is 5.43 Å². The van der Waals surface area contributed by atoms with Crippen LogP contribution in [0.5, 0.6) is 0 Å². The van der Waals surface area contributed by atoms with Crippen LogP contribution in [0.3, 0.4) is 0 Å². The molecular formula is C24H28FN3O3. The Morgan fingerprint density at radius 1 is 1.06 bits per heavy atom. The van der Waals surface area contributed by atoms with E-state index in [2.05, 4.69) is 5.43 Å². The Morgan fingerprint density at radius 3 is 2.52 bits per heavy atom. The van der Waals surface area contributed by atoms with Crippen LogP contribution >= 0.6 is 0 Å². The maximum Gasteiger partial charge on any atom is 0.253 e. The minimum atomic E-state index is -0.348. The molecule has 0 spiro atoms. The number of piperidine rings is 1. The molecule has 31 heavy (non-hydrogen) atoms. The fourth-order valence-corrected chi connectivity index (χ4v) is 4.30. The molecule has 2 amide bonds. The normalized spacial score (nSPS) is 22.2. The number of morpholine rings is 1. The predicted molar refractivity (Wildman–Crippen MR) is 115 cm³/mol. The van der Waals surface area contributed by atoms with E-state index >= 15 is 0 Å². The number of hydrogen-bond acceptors (Lipinski definition) is 4. The standard InChI is InChI=1S/C24H28FN3O3/c1-17-13-19(7-8-22(17)25)20-14-21(23(29)26-28-9-11-31-12-10-28)16-27(15-20)24(30)18-5-3-2-4-6-18/h2-8,13,20-21H,9-12,14-16H2,1H3,(H,26,29)/t20-,21-/m0/s1. The monoisotopic (exact) mass is 425 g/mol. The fraction of sp³-hybridized carbons (Fsp3) is 0.417. The Balaban J connectivity index is 1.56. The highest BCUT2D eigenvalue weighted by Crippen LogP contribution is 2.32. The SMILES string of the molecule is Cc1cc([C@H]2C[C@H](C(=O)NN3CCOCC3)CN(C(=O)c3ccccc3)C2)ccc1F. The van der Waals surface area contributed by atoms with Crippen LogP contribution in [-0.4, -0.2) is 61.1 Å². The second-order valence-electron chi connectivity index (χ2n) is 8.29. The quantitative estimate of drug-likeness (QED) is 0.818. The van der Waals surface area contributed by atoms with Gasteiger partial charge in [-0.2, -0.15) is 0 Å². The summed E-state index contributed by atoms with van der Waals surface area (Å²) in [5.74, 6) is -0.816. The van der Waals surface area contributed by atoms with Gasteiger partial charge in [-0.3, -0.25) is 15.0 Å². The maximum absolute atomic E-state index is 13.8. The van der Waals surface area contributed by atoms with Gasteiger partial charge in [0, 0.05) is 37.7 Å². The average Bonchev–Trinajstić information content (AvgIpc) is 2.81. The maximum atomic E-state index is 13.8. The first-order valence-corrected chi connectivity index (χ1v) is 10.7. The number of hydrazine groups is 1. The number of rotatable bonds is 4. The second-order valence-corrected chi connectivity index (χ2v) is 8.29. The Labute approximate surface area is 181 Å². The number of nitrogens with one attached hydrogen (secondary N) is 1. The van der Waals surface area contributed by atoms with Crippen LogP contribution in [0.25, 0.3) is 0 Å². The summed E-state index contributed by atoms with van der Waals surface area (Å²) in [4.78, 5) is 28.0. The van der Waals surface area contributed by atoms with Gasteiger partial charge in [0.15, 0.2) is 0 Å². The topological polar surface area (TPSA) is 61.9 Å². The van der Waals surface area contributed by atoms with Crippen LogP contribution in [-0.2, 0) is 9.53 Å². The number of carbonyl (C=O) groups excluding carboxylic acids is 2. The van der Waals surface area contributed by atoms with E-state index in [1.54, 1.807) is 30.0 Å². The van der Waals surface area contributed by atoms with Crippen molar-refractivity contribution in [2.45, 2.75) is 19.3 Å². The Kier molecular flexibility index (Phi) is 6.63. The highest BCUT2D eigenvalue weighted by Gasteiger charge is 2.35. The van der Waals surface area contributed by atoms with Crippen molar-refractivity contribution in [1.82, 2.24) is 15.3 Å². The molecule has 2 saturated heterocycles. The Bertz CT molecular complexity index is 931. The van der Waals surface area contributed by atoms with Gasteiger partial charge in [0.2, 0.25) is 5.91 Å². The van der Waals surface area contributed by atoms with Gasteiger partial charge in [0.25, 0.3) is 5.91 Å². The van der Waals surface area contributed by atoms with Crippen molar-refractivity contribution in [3.05, 3.63) is 71.0 Å². The molecule has 4 rings (SSSR count). The lowest BCUT2D eigenvalue weighted by Crippen LogP contribution is -2.54. The summed E-state index contributed by atoms with van der Waals surface area (Å²) in [6.45, 7) is 5.05. The molecule has 2 aliphatic rings. The number of ether oxygens (including phenoxy) is 1. The molecular weight excluding hydrogens is 397 g/mol. The molecule has 0 saturated carbocycles. The van der Waals surface area contributed by atoms with Crippen LogP contribution in [0.2, 0.25) is 0 Å². The van der Waals surface area contributed by atoms with Gasteiger partial charge in [-0.1, -0.05) is 30.3 Å². The van der Waals surface area contributed by atoms with Crippen LogP contribution in [0.4, 0.5) is 4.39 Å². The summed E-state index contributed by atoms with van der Waals surface area (Å²) in [6, 6.07) is 14.2. The molecule has 2 aliphatic heterocycles. The molecule has 0 unspecified atom stereocenters.